The lowest BCUT2D eigenvalue weighted by atomic mass is 9.61. The van der Waals surface area contributed by atoms with Crippen LogP contribution in [0.2, 0.25) is 0 Å². The minimum Gasteiger partial charge on any atom is -0.467 e. The Morgan fingerprint density at radius 3 is 2.11 bits per heavy atom. The molecule has 2 aliphatic rings. The van der Waals surface area contributed by atoms with Gasteiger partial charge >= 0.3 is 6.03 Å². The van der Waals surface area contributed by atoms with Crippen LogP contribution < -0.4 is 4.31 Å². The number of sulfonamides is 1. The molecule has 0 unspecified atom stereocenters. The SMILES string of the molecule is C=C[C@H]1c2ccccc2N(S(=O)(=O)c2ccc(C)cc2)[C@@H](c2ccco2)C12C(=O)N(C)C(=O)N(C)C2=O. The first kappa shape index (κ1) is 24.5. The lowest BCUT2D eigenvalue weighted by Crippen LogP contribution is -2.70. The molecule has 0 radical (unpaired) electrons. The second-order valence-electron chi connectivity index (χ2n) is 9.18. The van der Waals surface area contributed by atoms with Crippen molar-refractivity contribution in [2.45, 2.75) is 23.8 Å². The molecule has 1 spiro atoms. The molecule has 0 N–H and O–H groups in total. The van der Waals surface area contributed by atoms with Gasteiger partial charge in [-0.2, -0.15) is 0 Å². The summed E-state index contributed by atoms with van der Waals surface area (Å²) in [7, 11) is -1.81. The van der Waals surface area contributed by atoms with E-state index in [9.17, 15) is 22.8 Å². The fourth-order valence-electron chi connectivity index (χ4n) is 5.43. The Bertz CT molecular complexity index is 1500. The van der Waals surface area contributed by atoms with E-state index in [1.807, 2.05) is 6.92 Å². The molecular formula is C27H25N3O6S. The van der Waals surface area contributed by atoms with Crippen LogP contribution in [-0.2, 0) is 19.6 Å². The van der Waals surface area contributed by atoms with E-state index in [2.05, 4.69) is 6.58 Å². The van der Waals surface area contributed by atoms with Crippen LogP contribution in [0.1, 0.15) is 28.8 Å². The third-order valence-electron chi connectivity index (χ3n) is 7.18. The van der Waals surface area contributed by atoms with E-state index in [0.29, 0.717) is 5.56 Å². The van der Waals surface area contributed by atoms with Crippen molar-refractivity contribution in [1.82, 2.24) is 9.80 Å². The molecule has 37 heavy (non-hydrogen) atoms. The standard InChI is InChI=1S/C27H25N3O6S/c1-5-20-19-9-6-7-10-21(19)30(37(34,35)18-14-12-17(2)13-15-18)23(22-11-8-16-36-22)27(20)24(31)28(3)26(33)29(4)25(27)32/h5-16,20,23H,1H2,2-4H3/t20-,23-/m0/s1. The first-order valence-electron chi connectivity index (χ1n) is 11.5. The van der Waals surface area contributed by atoms with Crippen molar-refractivity contribution >= 4 is 33.6 Å². The Balaban J connectivity index is 1.92. The highest BCUT2D eigenvalue weighted by Crippen LogP contribution is 2.60. The molecule has 3 aromatic rings. The minimum absolute atomic E-state index is 0.0230. The number of barbiturate groups is 1. The van der Waals surface area contributed by atoms with Gasteiger partial charge in [0.05, 0.1) is 16.8 Å². The summed E-state index contributed by atoms with van der Waals surface area (Å²) >= 11 is 0. The molecule has 1 aromatic heterocycles. The van der Waals surface area contributed by atoms with Crippen LogP contribution in [0, 0.1) is 12.3 Å². The van der Waals surface area contributed by atoms with Crippen molar-refractivity contribution in [3.63, 3.8) is 0 Å². The molecule has 2 atom stereocenters. The molecule has 2 aliphatic heterocycles. The molecule has 190 valence electrons. The van der Waals surface area contributed by atoms with Gasteiger partial charge < -0.3 is 4.42 Å². The van der Waals surface area contributed by atoms with E-state index < -0.39 is 45.2 Å². The number of nitrogens with zero attached hydrogens (tertiary/aromatic N) is 3. The van der Waals surface area contributed by atoms with Crippen LogP contribution in [0.15, 0.2) is 88.9 Å². The maximum atomic E-state index is 14.4. The van der Waals surface area contributed by atoms with E-state index >= 15 is 0 Å². The number of anilines is 1. The molecule has 2 aromatic carbocycles. The smallest absolute Gasteiger partial charge is 0.332 e. The van der Waals surface area contributed by atoms with E-state index in [4.69, 9.17) is 4.42 Å². The average Bonchev–Trinajstić information content (AvgIpc) is 3.43. The second-order valence-corrected chi connectivity index (χ2v) is 11.0. The van der Waals surface area contributed by atoms with Gasteiger partial charge in [0.15, 0.2) is 5.41 Å². The van der Waals surface area contributed by atoms with Gasteiger partial charge in [0.2, 0.25) is 11.8 Å². The van der Waals surface area contributed by atoms with Crippen LogP contribution in [0.5, 0.6) is 0 Å². The number of amides is 4. The highest BCUT2D eigenvalue weighted by Gasteiger charge is 2.69. The number of aryl methyl sites for hydroxylation is 1. The fraction of sp³-hybridized carbons (Fsp3) is 0.222. The first-order chi connectivity index (χ1) is 17.6. The van der Waals surface area contributed by atoms with E-state index in [-0.39, 0.29) is 16.3 Å². The number of hydrogen-bond acceptors (Lipinski definition) is 6. The van der Waals surface area contributed by atoms with E-state index in [1.54, 1.807) is 42.5 Å². The number of allylic oxidation sites excluding steroid dienone is 1. The predicted molar refractivity (Wildman–Crippen MR) is 135 cm³/mol. The van der Waals surface area contributed by atoms with Gasteiger partial charge in [0, 0.05) is 20.0 Å². The molecule has 1 saturated heterocycles. The van der Waals surface area contributed by atoms with Crippen molar-refractivity contribution in [3.05, 3.63) is 96.5 Å². The summed E-state index contributed by atoms with van der Waals surface area (Å²) in [4.78, 5) is 42.7. The van der Waals surface area contributed by atoms with Gasteiger partial charge in [-0.3, -0.25) is 23.7 Å². The van der Waals surface area contributed by atoms with Crippen LogP contribution in [0.3, 0.4) is 0 Å². The van der Waals surface area contributed by atoms with Crippen LogP contribution in [0.25, 0.3) is 0 Å². The largest absolute Gasteiger partial charge is 0.467 e. The third-order valence-corrected chi connectivity index (χ3v) is 8.98. The Kier molecular flexibility index (Phi) is 5.60. The molecule has 5 rings (SSSR count). The predicted octanol–water partition coefficient (Wildman–Crippen LogP) is 3.84. The summed E-state index contributed by atoms with van der Waals surface area (Å²) in [5.74, 6) is -2.58. The number of carbonyl (C=O) groups is 3. The molecule has 1 fully saturated rings. The lowest BCUT2D eigenvalue weighted by Gasteiger charge is -2.54. The zero-order valence-corrected chi connectivity index (χ0v) is 21.3. The van der Waals surface area contributed by atoms with Gasteiger partial charge in [-0.05, 0) is 42.8 Å². The molecule has 10 heteroatoms. The molecule has 0 aliphatic carbocycles. The normalized spacial score (nSPS) is 21.4. The summed E-state index contributed by atoms with van der Waals surface area (Å²) in [6, 6.07) is 13.8. The molecule has 4 amide bonds. The highest BCUT2D eigenvalue weighted by atomic mass is 32.2. The van der Waals surface area contributed by atoms with Crippen molar-refractivity contribution in [2.24, 2.45) is 5.41 Å². The average molecular weight is 520 g/mol. The maximum absolute atomic E-state index is 14.4. The quantitative estimate of drug-likeness (QED) is 0.383. The number of carbonyl (C=O) groups excluding carboxylic acids is 3. The highest BCUT2D eigenvalue weighted by molar-refractivity contribution is 7.92. The Hall–Kier alpha value is -4.18. The molecule has 0 saturated carbocycles. The van der Waals surface area contributed by atoms with Crippen LogP contribution in [0.4, 0.5) is 10.5 Å². The van der Waals surface area contributed by atoms with Crippen LogP contribution >= 0.6 is 0 Å². The lowest BCUT2D eigenvalue weighted by molar-refractivity contribution is -0.160. The van der Waals surface area contributed by atoms with Crippen molar-refractivity contribution in [2.75, 3.05) is 18.4 Å². The summed E-state index contributed by atoms with van der Waals surface area (Å²) in [5, 5.41) is 0. The summed E-state index contributed by atoms with van der Waals surface area (Å²) in [5.41, 5.74) is -0.553. The summed E-state index contributed by atoms with van der Waals surface area (Å²) in [6.07, 6.45) is 2.80. The van der Waals surface area contributed by atoms with E-state index in [0.717, 1.165) is 19.7 Å². The Labute approximate surface area is 214 Å². The topological polar surface area (TPSA) is 108 Å². The first-order valence-corrected chi connectivity index (χ1v) is 13.0. The maximum Gasteiger partial charge on any atom is 0.332 e. The Morgan fingerprint density at radius 2 is 1.54 bits per heavy atom. The number of para-hydroxylation sites is 1. The number of fused-ring (bicyclic) bond motifs is 1. The molecule has 9 nitrogen and oxygen atoms in total. The van der Waals surface area contributed by atoms with E-state index in [1.165, 1.54) is 44.6 Å². The van der Waals surface area contributed by atoms with Crippen LogP contribution in [-0.4, -0.2) is 50.2 Å². The second kappa shape index (κ2) is 8.45. The van der Waals surface area contributed by atoms with Crippen molar-refractivity contribution in [1.29, 1.82) is 0 Å². The Morgan fingerprint density at radius 1 is 0.919 bits per heavy atom. The van der Waals surface area contributed by atoms with Gasteiger partial charge in [-0.25, -0.2) is 13.2 Å². The van der Waals surface area contributed by atoms with Gasteiger partial charge in [-0.1, -0.05) is 42.0 Å². The molecule has 3 heterocycles. The number of furan rings is 1. The number of hydrogen-bond donors (Lipinski definition) is 0. The van der Waals surface area contributed by atoms with Gasteiger partial charge in [0.1, 0.15) is 11.8 Å². The van der Waals surface area contributed by atoms with Crippen molar-refractivity contribution in [3.8, 4) is 0 Å². The number of rotatable bonds is 4. The number of benzene rings is 2. The molecular weight excluding hydrogens is 494 g/mol. The van der Waals surface area contributed by atoms with Crippen molar-refractivity contribution < 1.29 is 27.2 Å². The zero-order valence-electron chi connectivity index (χ0n) is 20.5. The number of urea groups is 1. The van der Waals surface area contributed by atoms with Gasteiger partial charge in [0.25, 0.3) is 10.0 Å². The fourth-order valence-corrected chi connectivity index (χ4v) is 7.11. The zero-order chi connectivity index (χ0) is 26.7. The molecule has 0 bridgehead atoms. The summed E-state index contributed by atoms with van der Waals surface area (Å²) < 4.78 is 35.5. The summed E-state index contributed by atoms with van der Waals surface area (Å²) in [6.45, 7) is 5.75. The minimum atomic E-state index is -4.36. The monoisotopic (exact) mass is 519 g/mol. The number of imide groups is 2. The van der Waals surface area contributed by atoms with Gasteiger partial charge in [-0.15, -0.1) is 6.58 Å². The third kappa shape index (κ3) is 3.21.